The summed E-state index contributed by atoms with van der Waals surface area (Å²) in [7, 11) is 0. The Bertz CT molecular complexity index is 258. The summed E-state index contributed by atoms with van der Waals surface area (Å²) in [5.74, 6) is 1.00. The normalized spacial score (nSPS) is 26.9. The van der Waals surface area contributed by atoms with Crippen molar-refractivity contribution in [3.05, 3.63) is 24.2 Å². The van der Waals surface area contributed by atoms with Gasteiger partial charge in [0.05, 0.1) is 12.4 Å². The monoisotopic (exact) mass is 195 g/mol. The molecule has 0 spiro atoms. The summed E-state index contributed by atoms with van der Waals surface area (Å²) in [4.78, 5) is 0. The van der Waals surface area contributed by atoms with Gasteiger partial charge in [-0.3, -0.25) is 0 Å². The summed E-state index contributed by atoms with van der Waals surface area (Å²) < 4.78 is 5.22. The third-order valence-electron chi connectivity index (χ3n) is 2.84. The molecule has 3 nitrogen and oxygen atoms in total. The van der Waals surface area contributed by atoms with Gasteiger partial charge in [-0.05, 0) is 31.4 Å². The van der Waals surface area contributed by atoms with Gasteiger partial charge >= 0.3 is 0 Å². The first kappa shape index (κ1) is 9.74. The molecule has 1 heterocycles. The van der Waals surface area contributed by atoms with Crippen LogP contribution in [0.4, 0.5) is 0 Å². The molecule has 0 aromatic carbocycles. The molecule has 0 bridgehead atoms. The number of nitrogens with one attached hydrogen (secondary N) is 1. The fourth-order valence-electron chi connectivity index (χ4n) is 2.01. The van der Waals surface area contributed by atoms with Crippen molar-refractivity contribution in [2.45, 2.75) is 37.8 Å². The van der Waals surface area contributed by atoms with Gasteiger partial charge in [0.15, 0.2) is 0 Å². The van der Waals surface area contributed by atoms with Crippen LogP contribution in [-0.4, -0.2) is 23.8 Å². The van der Waals surface area contributed by atoms with Crippen LogP contribution >= 0.6 is 0 Å². The molecule has 1 saturated carbocycles. The van der Waals surface area contributed by atoms with E-state index in [1.165, 1.54) is 0 Å². The van der Waals surface area contributed by atoms with E-state index in [0.29, 0.717) is 6.04 Å². The molecular formula is C11H17NO2. The van der Waals surface area contributed by atoms with E-state index in [1.807, 2.05) is 12.1 Å². The molecule has 1 aliphatic rings. The highest BCUT2D eigenvalue weighted by molar-refractivity contribution is 4.98. The van der Waals surface area contributed by atoms with E-state index in [-0.39, 0.29) is 6.10 Å². The fourth-order valence-corrected chi connectivity index (χ4v) is 2.01. The number of aliphatic hydroxyl groups is 1. The van der Waals surface area contributed by atoms with E-state index >= 15 is 0 Å². The Morgan fingerprint density at radius 2 is 2.43 bits per heavy atom. The zero-order valence-corrected chi connectivity index (χ0v) is 8.28. The minimum atomic E-state index is -0.147. The largest absolute Gasteiger partial charge is 0.469 e. The van der Waals surface area contributed by atoms with Crippen molar-refractivity contribution in [1.29, 1.82) is 0 Å². The lowest BCUT2D eigenvalue weighted by molar-refractivity contribution is 0.149. The van der Waals surface area contributed by atoms with E-state index < -0.39 is 0 Å². The quantitative estimate of drug-likeness (QED) is 0.761. The molecule has 2 N–H and O–H groups in total. The third-order valence-corrected chi connectivity index (χ3v) is 2.84. The lowest BCUT2D eigenvalue weighted by Gasteiger charge is -2.15. The van der Waals surface area contributed by atoms with Crippen LogP contribution in [0, 0.1) is 0 Å². The van der Waals surface area contributed by atoms with Crippen molar-refractivity contribution in [2.75, 3.05) is 6.54 Å². The summed E-state index contributed by atoms with van der Waals surface area (Å²) in [5, 5.41) is 12.9. The van der Waals surface area contributed by atoms with Crippen LogP contribution in [0.5, 0.6) is 0 Å². The third kappa shape index (κ3) is 2.36. The summed E-state index contributed by atoms with van der Waals surface area (Å²) in [6.07, 6.45) is 5.62. The highest BCUT2D eigenvalue weighted by Crippen LogP contribution is 2.18. The van der Waals surface area contributed by atoms with Gasteiger partial charge in [-0.2, -0.15) is 0 Å². The van der Waals surface area contributed by atoms with Crippen LogP contribution in [0.2, 0.25) is 0 Å². The summed E-state index contributed by atoms with van der Waals surface area (Å²) in [5.41, 5.74) is 0. The lowest BCUT2D eigenvalue weighted by atomic mass is 10.2. The number of rotatable bonds is 4. The van der Waals surface area contributed by atoms with E-state index in [0.717, 1.165) is 38.0 Å². The molecule has 1 aromatic heterocycles. The van der Waals surface area contributed by atoms with Crippen molar-refractivity contribution in [3.63, 3.8) is 0 Å². The second-order valence-electron chi connectivity index (χ2n) is 3.89. The van der Waals surface area contributed by atoms with Crippen LogP contribution < -0.4 is 5.32 Å². The molecule has 0 unspecified atom stereocenters. The highest BCUT2D eigenvalue weighted by Gasteiger charge is 2.23. The number of hydrogen-bond donors (Lipinski definition) is 2. The van der Waals surface area contributed by atoms with Crippen molar-refractivity contribution >= 4 is 0 Å². The zero-order valence-electron chi connectivity index (χ0n) is 8.28. The van der Waals surface area contributed by atoms with Crippen LogP contribution in [-0.2, 0) is 6.42 Å². The Morgan fingerprint density at radius 3 is 3.07 bits per heavy atom. The van der Waals surface area contributed by atoms with Crippen LogP contribution in [0.3, 0.4) is 0 Å². The molecule has 2 rings (SSSR count). The topological polar surface area (TPSA) is 45.4 Å². The van der Waals surface area contributed by atoms with Crippen molar-refractivity contribution in [1.82, 2.24) is 5.32 Å². The van der Waals surface area contributed by atoms with Gasteiger partial charge in [-0.25, -0.2) is 0 Å². The maximum atomic E-state index is 9.56. The first-order valence-corrected chi connectivity index (χ1v) is 5.30. The molecule has 0 radical (unpaired) electrons. The smallest absolute Gasteiger partial charge is 0.105 e. The Morgan fingerprint density at radius 1 is 1.50 bits per heavy atom. The SMILES string of the molecule is O[C@H]1CCC[C@@H]1NCCc1ccco1. The number of furan rings is 1. The van der Waals surface area contributed by atoms with Gasteiger partial charge in [0, 0.05) is 19.0 Å². The molecule has 0 amide bonds. The molecule has 1 aliphatic carbocycles. The van der Waals surface area contributed by atoms with Gasteiger partial charge in [0.25, 0.3) is 0 Å². The molecule has 0 saturated heterocycles. The van der Waals surface area contributed by atoms with Crippen LogP contribution in [0.1, 0.15) is 25.0 Å². The Labute approximate surface area is 84.1 Å². The maximum Gasteiger partial charge on any atom is 0.105 e. The standard InChI is InChI=1S/C11H17NO2/c13-11-5-1-4-10(11)12-7-6-9-3-2-8-14-9/h2-3,8,10-13H,1,4-7H2/t10-,11-/m0/s1. The highest BCUT2D eigenvalue weighted by atomic mass is 16.3. The predicted octanol–water partition coefficient (Wildman–Crippen LogP) is 1.33. The van der Waals surface area contributed by atoms with E-state index in [1.54, 1.807) is 6.26 Å². The van der Waals surface area contributed by atoms with E-state index in [4.69, 9.17) is 4.42 Å². The molecule has 1 fully saturated rings. The average molecular weight is 195 g/mol. The van der Waals surface area contributed by atoms with Gasteiger partial charge < -0.3 is 14.8 Å². The van der Waals surface area contributed by atoms with Gasteiger partial charge in [-0.1, -0.05) is 0 Å². The zero-order chi connectivity index (χ0) is 9.80. The summed E-state index contributed by atoms with van der Waals surface area (Å²) >= 11 is 0. The molecule has 14 heavy (non-hydrogen) atoms. The first-order chi connectivity index (χ1) is 6.86. The molecule has 78 valence electrons. The van der Waals surface area contributed by atoms with Crippen molar-refractivity contribution < 1.29 is 9.52 Å². The summed E-state index contributed by atoms with van der Waals surface area (Å²) in [6.45, 7) is 0.884. The number of hydrogen-bond acceptors (Lipinski definition) is 3. The predicted molar refractivity (Wildman–Crippen MR) is 54.1 cm³/mol. The average Bonchev–Trinajstić information content (AvgIpc) is 2.78. The molecule has 0 aliphatic heterocycles. The van der Waals surface area contributed by atoms with Gasteiger partial charge in [0.2, 0.25) is 0 Å². The molecule has 2 atom stereocenters. The van der Waals surface area contributed by atoms with Gasteiger partial charge in [0.1, 0.15) is 5.76 Å². The second kappa shape index (κ2) is 4.62. The van der Waals surface area contributed by atoms with Crippen molar-refractivity contribution in [3.8, 4) is 0 Å². The molecule has 3 heteroatoms. The molecule has 1 aromatic rings. The molecular weight excluding hydrogens is 178 g/mol. The van der Waals surface area contributed by atoms with E-state index in [9.17, 15) is 5.11 Å². The Hall–Kier alpha value is -0.800. The first-order valence-electron chi connectivity index (χ1n) is 5.30. The van der Waals surface area contributed by atoms with Gasteiger partial charge in [-0.15, -0.1) is 0 Å². The Balaban J connectivity index is 1.68. The Kier molecular flexibility index (Phi) is 3.22. The fraction of sp³-hybridized carbons (Fsp3) is 0.636. The minimum absolute atomic E-state index is 0.147. The maximum absolute atomic E-state index is 9.56. The van der Waals surface area contributed by atoms with Crippen molar-refractivity contribution in [2.24, 2.45) is 0 Å². The van der Waals surface area contributed by atoms with Crippen LogP contribution in [0.15, 0.2) is 22.8 Å². The van der Waals surface area contributed by atoms with E-state index in [2.05, 4.69) is 5.32 Å². The second-order valence-corrected chi connectivity index (χ2v) is 3.89. The number of aliphatic hydroxyl groups excluding tert-OH is 1. The van der Waals surface area contributed by atoms with Crippen LogP contribution in [0.25, 0.3) is 0 Å². The lowest BCUT2D eigenvalue weighted by Crippen LogP contribution is -2.36. The minimum Gasteiger partial charge on any atom is -0.469 e. The summed E-state index contributed by atoms with van der Waals surface area (Å²) in [6, 6.07) is 4.18.